The highest BCUT2D eigenvalue weighted by Gasteiger charge is 2.09. The topological polar surface area (TPSA) is 41.5 Å². The first-order valence-electron chi connectivity index (χ1n) is 6.17. The highest BCUT2D eigenvalue weighted by molar-refractivity contribution is 5.16. The van der Waals surface area contributed by atoms with Gasteiger partial charge in [-0.3, -0.25) is 0 Å². The largest absolute Gasteiger partial charge is 0.389 e. The summed E-state index contributed by atoms with van der Waals surface area (Å²) < 4.78 is 5.63. The van der Waals surface area contributed by atoms with E-state index in [0.29, 0.717) is 19.2 Å². The third kappa shape index (κ3) is 5.82. The molecule has 17 heavy (non-hydrogen) atoms. The zero-order valence-electron chi connectivity index (χ0n) is 10.9. The molecule has 0 heterocycles. The van der Waals surface area contributed by atoms with Crippen LogP contribution in [0.15, 0.2) is 30.3 Å². The van der Waals surface area contributed by atoms with Crippen molar-refractivity contribution in [2.45, 2.75) is 39.0 Å². The summed E-state index contributed by atoms with van der Waals surface area (Å²) in [6, 6.07) is 10.4. The lowest BCUT2D eigenvalue weighted by molar-refractivity contribution is -0.00257. The molecule has 2 atom stereocenters. The van der Waals surface area contributed by atoms with E-state index >= 15 is 0 Å². The molecule has 0 radical (unpaired) electrons. The maximum Gasteiger partial charge on any atom is 0.0898 e. The van der Waals surface area contributed by atoms with Crippen molar-refractivity contribution >= 4 is 0 Å². The normalized spacial score (nSPS) is 14.9. The lowest BCUT2D eigenvalue weighted by atomic mass is 10.1. The summed E-state index contributed by atoms with van der Waals surface area (Å²) >= 11 is 0. The van der Waals surface area contributed by atoms with Gasteiger partial charge in [0.05, 0.1) is 18.8 Å². The number of rotatable bonds is 7. The molecule has 0 aromatic heterocycles. The van der Waals surface area contributed by atoms with Gasteiger partial charge in [0.1, 0.15) is 0 Å². The van der Waals surface area contributed by atoms with Crippen molar-refractivity contribution in [3.63, 3.8) is 0 Å². The van der Waals surface area contributed by atoms with Gasteiger partial charge in [-0.05, 0) is 12.5 Å². The molecule has 2 N–H and O–H groups in total. The average molecular weight is 237 g/mol. The van der Waals surface area contributed by atoms with E-state index in [2.05, 4.69) is 19.2 Å². The first-order chi connectivity index (χ1) is 8.09. The summed E-state index contributed by atoms with van der Waals surface area (Å²) in [6.07, 6.45) is -0.437. The lowest BCUT2D eigenvalue weighted by Crippen LogP contribution is -2.34. The van der Waals surface area contributed by atoms with Crippen molar-refractivity contribution in [3.05, 3.63) is 35.9 Å². The number of hydrogen-bond acceptors (Lipinski definition) is 3. The summed E-state index contributed by atoms with van der Waals surface area (Å²) in [5.74, 6) is 0. The highest BCUT2D eigenvalue weighted by atomic mass is 16.5. The second-order valence-corrected chi connectivity index (χ2v) is 4.60. The minimum absolute atomic E-state index is 0.0184. The van der Waals surface area contributed by atoms with Gasteiger partial charge in [-0.15, -0.1) is 0 Å². The van der Waals surface area contributed by atoms with Gasteiger partial charge in [0.25, 0.3) is 0 Å². The Morgan fingerprint density at radius 3 is 2.41 bits per heavy atom. The summed E-state index contributed by atoms with van der Waals surface area (Å²) in [7, 11) is 0. The van der Waals surface area contributed by atoms with Crippen LogP contribution in [0.25, 0.3) is 0 Å². The Labute approximate surface area is 104 Å². The number of aliphatic hydroxyl groups is 1. The van der Waals surface area contributed by atoms with Crippen LogP contribution >= 0.6 is 0 Å². The molecular weight excluding hydrogens is 214 g/mol. The van der Waals surface area contributed by atoms with Crippen molar-refractivity contribution in [2.75, 3.05) is 13.2 Å². The Kier molecular flexibility index (Phi) is 6.19. The third-order valence-electron chi connectivity index (χ3n) is 2.57. The predicted octanol–water partition coefficient (Wildman–Crippen LogP) is 2.12. The minimum Gasteiger partial charge on any atom is -0.389 e. The number of benzene rings is 1. The van der Waals surface area contributed by atoms with Gasteiger partial charge in [-0.2, -0.15) is 0 Å². The molecule has 0 bridgehead atoms. The maximum absolute atomic E-state index is 9.71. The van der Waals surface area contributed by atoms with Gasteiger partial charge in [0, 0.05) is 12.6 Å². The van der Waals surface area contributed by atoms with E-state index in [1.807, 2.05) is 37.3 Å². The molecule has 0 aliphatic carbocycles. The quantitative estimate of drug-likeness (QED) is 0.763. The van der Waals surface area contributed by atoms with Crippen LogP contribution in [-0.2, 0) is 4.74 Å². The number of nitrogens with one attached hydrogen (secondary N) is 1. The zero-order chi connectivity index (χ0) is 12.7. The summed E-state index contributed by atoms with van der Waals surface area (Å²) in [4.78, 5) is 0. The van der Waals surface area contributed by atoms with Gasteiger partial charge < -0.3 is 15.2 Å². The van der Waals surface area contributed by atoms with Crippen molar-refractivity contribution in [2.24, 2.45) is 0 Å². The molecule has 0 fully saturated rings. The molecule has 0 spiro atoms. The molecule has 0 aliphatic heterocycles. The van der Waals surface area contributed by atoms with Crippen molar-refractivity contribution in [1.82, 2.24) is 5.32 Å². The molecule has 96 valence electrons. The summed E-state index contributed by atoms with van der Waals surface area (Å²) in [5, 5.41) is 12.9. The van der Waals surface area contributed by atoms with E-state index in [4.69, 9.17) is 4.74 Å². The lowest BCUT2D eigenvalue weighted by Gasteiger charge is -2.18. The minimum atomic E-state index is -0.455. The average Bonchev–Trinajstić information content (AvgIpc) is 2.34. The highest BCUT2D eigenvalue weighted by Crippen LogP contribution is 2.15. The van der Waals surface area contributed by atoms with Crippen LogP contribution in [0.5, 0.6) is 0 Å². The first kappa shape index (κ1) is 14.2. The molecular formula is C14H23NO2. The molecule has 1 rings (SSSR count). The van der Waals surface area contributed by atoms with Gasteiger partial charge >= 0.3 is 0 Å². The van der Waals surface area contributed by atoms with Crippen LogP contribution in [-0.4, -0.2) is 30.4 Å². The predicted molar refractivity (Wildman–Crippen MR) is 70.0 cm³/mol. The molecule has 1 aromatic carbocycles. The fraction of sp³-hybridized carbons (Fsp3) is 0.571. The van der Waals surface area contributed by atoms with E-state index in [1.165, 1.54) is 0 Å². The molecule has 0 saturated heterocycles. The first-order valence-corrected chi connectivity index (χ1v) is 6.17. The van der Waals surface area contributed by atoms with Crippen LogP contribution in [0, 0.1) is 0 Å². The van der Waals surface area contributed by atoms with Crippen LogP contribution in [0.2, 0.25) is 0 Å². The molecule has 3 nitrogen and oxygen atoms in total. The SMILES string of the molecule is CC(C)NCC(O)COC(C)c1ccccc1. The Bertz CT molecular complexity index is 300. The van der Waals surface area contributed by atoms with Crippen LogP contribution < -0.4 is 5.32 Å². The van der Waals surface area contributed by atoms with Crippen LogP contribution in [0.4, 0.5) is 0 Å². The molecule has 3 heteroatoms. The van der Waals surface area contributed by atoms with Crippen molar-refractivity contribution in [3.8, 4) is 0 Å². The molecule has 1 aromatic rings. The number of hydrogen-bond donors (Lipinski definition) is 2. The van der Waals surface area contributed by atoms with Gasteiger partial charge in [-0.25, -0.2) is 0 Å². The van der Waals surface area contributed by atoms with Crippen molar-refractivity contribution < 1.29 is 9.84 Å². The van der Waals surface area contributed by atoms with Crippen LogP contribution in [0.3, 0.4) is 0 Å². The monoisotopic (exact) mass is 237 g/mol. The number of aliphatic hydroxyl groups excluding tert-OH is 1. The van der Waals surface area contributed by atoms with E-state index in [0.717, 1.165) is 5.56 Å². The van der Waals surface area contributed by atoms with Gasteiger partial charge in [-0.1, -0.05) is 44.2 Å². The number of ether oxygens (including phenoxy) is 1. The van der Waals surface area contributed by atoms with Crippen LogP contribution in [0.1, 0.15) is 32.4 Å². The Morgan fingerprint density at radius 1 is 1.18 bits per heavy atom. The van der Waals surface area contributed by atoms with Crippen molar-refractivity contribution in [1.29, 1.82) is 0 Å². The fourth-order valence-electron chi connectivity index (χ4n) is 1.51. The Balaban J connectivity index is 2.26. The molecule has 0 amide bonds. The zero-order valence-corrected chi connectivity index (χ0v) is 10.9. The third-order valence-corrected chi connectivity index (χ3v) is 2.57. The van der Waals surface area contributed by atoms with Gasteiger partial charge in [0.2, 0.25) is 0 Å². The second kappa shape index (κ2) is 7.43. The Hall–Kier alpha value is -0.900. The van der Waals surface area contributed by atoms with E-state index in [9.17, 15) is 5.11 Å². The van der Waals surface area contributed by atoms with E-state index in [-0.39, 0.29) is 6.10 Å². The smallest absolute Gasteiger partial charge is 0.0898 e. The summed E-state index contributed by atoms with van der Waals surface area (Å²) in [6.45, 7) is 7.03. The standard InChI is InChI=1S/C14H23NO2/c1-11(2)15-9-14(16)10-17-12(3)13-7-5-4-6-8-13/h4-8,11-12,14-16H,9-10H2,1-3H3. The maximum atomic E-state index is 9.71. The van der Waals surface area contributed by atoms with E-state index < -0.39 is 6.10 Å². The van der Waals surface area contributed by atoms with E-state index in [1.54, 1.807) is 0 Å². The Morgan fingerprint density at radius 2 is 1.82 bits per heavy atom. The summed E-state index contributed by atoms with van der Waals surface area (Å²) in [5.41, 5.74) is 1.14. The fourth-order valence-corrected chi connectivity index (χ4v) is 1.51. The second-order valence-electron chi connectivity index (χ2n) is 4.60. The molecule has 0 aliphatic rings. The molecule has 2 unspecified atom stereocenters. The molecule has 0 saturated carbocycles. The van der Waals surface area contributed by atoms with Gasteiger partial charge in [0.15, 0.2) is 0 Å².